The predicted octanol–water partition coefficient (Wildman–Crippen LogP) is 3.67. The van der Waals surface area contributed by atoms with Crippen LogP contribution in [0.25, 0.3) is 22.6 Å². The van der Waals surface area contributed by atoms with Crippen LogP contribution in [0, 0.1) is 6.92 Å². The highest BCUT2D eigenvalue weighted by Gasteiger charge is 2.28. The Balaban J connectivity index is 1.72. The summed E-state index contributed by atoms with van der Waals surface area (Å²) in [5, 5.41) is 0. The Bertz CT molecular complexity index is 1050. The largest absolute Gasteiger partial charge is 0.381 e. The Labute approximate surface area is 185 Å². The number of anilines is 1. The highest BCUT2D eigenvalue weighted by atomic mass is 79.9. The number of hydrogen-bond acceptors (Lipinski definition) is 6. The van der Waals surface area contributed by atoms with Crippen molar-refractivity contribution < 1.29 is 4.74 Å². The van der Waals surface area contributed by atoms with Gasteiger partial charge in [0.2, 0.25) is 0 Å². The number of likely N-dealkylation sites (N-methyl/N-ethyl adjacent to an activating group) is 1. The maximum atomic E-state index is 5.64. The van der Waals surface area contributed by atoms with E-state index in [-0.39, 0.29) is 0 Å². The summed E-state index contributed by atoms with van der Waals surface area (Å²) in [5.41, 5.74) is 2.93. The van der Waals surface area contributed by atoms with Crippen LogP contribution < -0.4 is 4.90 Å². The van der Waals surface area contributed by atoms with E-state index in [9.17, 15) is 0 Å². The summed E-state index contributed by atoms with van der Waals surface area (Å²) in [7, 11) is 2.17. The summed E-state index contributed by atoms with van der Waals surface area (Å²) < 4.78 is 9.02. The molecule has 4 heterocycles. The van der Waals surface area contributed by atoms with E-state index in [4.69, 9.17) is 19.7 Å². The van der Waals surface area contributed by atoms with Crippen LogP contribution in [0.5, 0.6) is 0 Å². The highest BCUT2D eigenvalue weighted by Crippen LogP contribution is 2.37. The van der Waals surface area contributed by atoms with Crippen molar-refractivity contribution in [2.45, 2.75) is 25.8 Å². The average molecular weight is 471 g/mol. The molecule has 0 radical (unpaired) electrons. The van der Waals surface area contributed by atoms with E-state index in [0.717, 1.165) is 90.9 Å². The highest BCUT2D eigenvalue weighted by molar-refractivity contribution is 9.10. The molecular formula is C22H27BrN6O. The number of ether oxygens (including phenoxy) is 1. The molecular weight excluding hydrogens is 444 g/mol. The molecule has 5 rings (SSSR count). The van der Waals surface area contributed by atoms with Crippen LogP contribution in [-0.4, -0.2) is 70.9 Å². The second kappa shape index (κ2) is 8.24. The molecule has 8 heteroatoms. The molecule has 30 heavy (non-hydrogen) atoms. The third-order valence-electron chi connectivity index (χ3n) is 6.11. The number of imidazole rings is 1. The zero-order valence-corrected chi connectivity index (χ0v) is 19.1. The van der Waals surface area contributed by atoms with Crippen LogP contribution in [0.15, 0.2) is 28.7 Å². The van der Waals surface area contributed by atoms with Gasteiger partial charge in [-0.05, 0) is 32.9 Å². The molecule has 0 amide bonds. The number of piperazine rings is 1. The van der Waals surface area contributed by atoms with E-state index in [1.54, 1.807) is 0 Å². The fourth-order valence-electron chi connectivity index (χ4n) is 4.43. The minimum absolute atomic E-state index is 0.320. The van der Waals surface area contributed by atoms with Crippen molar-refractivity contribution in [2.75, 3.05) is 51.3 Å². The van der Waals surface area contributed by atoms with Crippen LogP contribution in [0.4, 0.5) is 5.82 Å². The summed E-state index contributed by atoms with van der Waals surface area (Å²) in [6.45, 7) is 7.50. The first-order chi connectivity index (χ1) is 14.6. The maximum Gasteiger partial charge on any atom is 0.166 e. The average Bonchev–Trinajstić information content (AvgIpc) is 3.13. The van der Waals surface area contributed by atoms with Crippen molar-refractivity contribution in [3.8, 4) is 11.4 Å². The first-order valence-corrected chi connectivity index (χ1v) is 11.4. The minimum Gasteiger partial charge on any atom is -0.381 e. The van der Waals surface area contributed by atoms with Gasteiger partial charge in [-0.15, -0.1) is 0 Å². The molecule has 0 unspecified atom stereocenters. The fourth-order valence-corrected chi connectivity index (χ4v) is 4.89. The van der Waals surface area contributed by atoms with Crippen LogP contribution in [0.3, 0.4) is 0 Å². The summed E-state index contributed by atoms with van der Waals surface area (Å²) in [5.74, 6) is 2.72. The topological polar surface area (TPSA) is 59.3 Å². The first-order valence-electron chi connectivity index (χ1n) is 10.6. The quantitative estimate of drug-likeness (QED) is 0.581. The lowest BCUT2D eigenvalue weighted by atomic mass is 10.1. The molecule has 0 N–H and O–H groups in total. The van der Waals surface area contributed by atoms with Gasteiger partial charge >= 0.3 is 0 Å². The van der Waals surface area contributed by atoms with Crippen LogP contribution in [0.1, 0.15) is 24.7 Å². The molecule has 0 aliphatic carbocycles. The molecule has 0 bridgehead atoms. The Morgan fingerprint density at radius 2 is 1.73 bits per heavy atom. The molecule has 2 aliphatic heterocycles. The van der Waals surface area contributed by atoms with Gasteiger partial charge in [0.1, 0.15) is 11.6 Å². The standard InChI is InChI=1S/C22H27BrN6O/c1-15-24-21(28-11-9-27(2)10-12-28)19-22(25-15)29(16-7-13-30-14-8-16)20(26-19)17-5-3-4-6-18(17)23/h3-6,16H,7-14H2,1-2H3. The molecule has 2 aliphatic rings. The van der Waals surface area contributed by atoms with Crippen molar-refractivity contribution in [3.05, 3.63) is 34.6 Å². The lowest BCUT2D eigenvalue weighted by Crippen LogP contribution is -2.45. The van der Waals surface area contributed by atoms with Crippen LogP contribution >= 0.6 is 15.9 Å². The predicted molar refractivity (Wildman–Crippen MR) is 122 cm³/mol. The number of nitrogens with zero attached hydrogens (tertiary/aromatic N) is 6. The van der Waals surface area contributed by atoms with E-state index in [1.807, 2.05) is 13.0 Å². The lowest BCUT2D eigenvalue weighted by Gasteiger charge is -2.33. The van der Waals surface area contributed by atoms with Gasteiger partial charge in [0.05, 0.1) is 0 Å². The SMILES string of the molecule is Cc1nc(N2CCN(C)CC2)c2nc(-c3ccccc3Br)n(C3CCOCC3)c2n1. The van der Waals surface area contributed by atoms with Crippen molar-refractivity contribution in [3.63, 3.8) is 0 Å². The normalized spacial score (nSPS) is 19.0. The van der Waals surface area contributed by atoms with Crippen LogP contribution in [0.2, 0.25) is 0 Å². The third kappa shape index (κ3) is 3.61. The number of fused-ring (bicyclic) bond motifs is 1. The summed E-state index contributed by atoms with van der Waals surface area (Å²) >= 11 is 3.73. The summed E-state index contributed by atoms with van der Waals surface area (Å²) in [6, 6.07) is 8.61. The van der Waals surface area contributed by atoms with Gasteiger partial charge in [-0.2, -0.15) is 0 Å². The van der Waals surface area contributed by atoms with E-state index < -0.39 is 0 Å². The maximum absolute atomic E-state index is 5.64. The second-order valence-electron chi connectivity index (χ2n) is 8.19. The number of halogens is 1. The van der Waals surface area contributed by atoms with Gasteiger partial charge in [-0.25, -0.2) is 15.0 Å². The number of benzene rings is 1. The first kappa shape index (κ1) is 19.9. The minimum atomic E-state index is 0.320. The number of hydrogen-bond donors (Lipinski definition) is 0. The number of aromatic nitrogens is 4. The van der Waals surface area contributed by atoms with E-state index in [2.05, 4.69) is 55.5 Å². The molecule has 3 aromatic rings. The third-order valence-corrected chi connectivity index (χ3v) is 6.80. The van der Waals surface area contributed by atoms with E-state index >= 15 is 0 Å². The zero-order valence-electron chi connectivity index (χ0n) is 17.5. The van der Waals surface area contributed by atoms with Gasteiger partial charge < -0.3 is 19.1 Å². The molecule has 0 spiro atoms. The second-order valence-corrected chi connectivity index (χ2v) is 9.04. The van der Waals surface area contributed by atoms with Gasteiger partial charge in [0.15, 0.2) is 17.0 Å². The summed E-state index contributed by atoms with van der Waals surface area (Å²) in [4.78, 5) is 19.6. The van der Waals surface area contributed by atoms with Crippen LogP contribution in [-0.2, 0) is 4.74 Å². The fraction of sp³-hybridized carbons (Fsp3) is 0.500. The van der Waals surface area contributed by atoms with Gasteiger partial charge in [0, 0.05) is 55.5 Å². The number of aryl methyl sites for hydroxylation is 1. The van der Waals surface area contributed by atoms with Crippen molar-refractivity contribution in [2.24, 2.45) is 0 Å². The molecule has 7 nitrogen and oxygen atoms in total. The molecule has 2 saturated heterocycles. The Morgan fingerprint density at radius 3 is 2.47 bits per heavy atom. The molecule has 2 fully saturated rings. The Hall–Kier alpha value is -2.03. The molecule has 1 aromatic carbocycles. The molecule has 2 aromatic heterocycles. The Morgan fingerprint density at radius 1 is 1.00 bits per heavy atom. The van der Waals surface area contributed by atoms with Gasteiger partial charge in [-0.1, -0.05) is 34.1 Å². The van der Waals surface area contributed by atoms with E-state index in [1.165, 1.54) is 0 Å². The van der Waals surface area contributed by atoms with E-state index in [0.29, 0.717) is 6.04 Å². The van der Waals surface area contributed by atoms with Gasteiger partial charge in [0.25, 0.3) is 0 Å². The molecule has 158 valence electrons. The van der Waals surface area contributed by atoms with Crippen molar-refractivity contribution in [1.82, 2.24) is 24.4 Å². The zero-order chi connectivity index (χ0) is 20.7. The smallest absolute Gasteiger partial charge is 0.166 e. The number of rotatable bonds is 3. The molecule has 0 atom stereocenters. The van der Waals surface area contributed by atoms with Crippen molar-refractivity contribution in [1.29, 1.82) is 0 Å². The van der Waals surface area contributed by atoms with Crippen molar-refractivity contribution >= 4 is 32.9 Å². The molecule has 0 saturated carbocycles. The summed E-state index contributed by atoms with van der Waals surface area (Å²) in [6.07, 6.45) is 1.94. The Kier molecular flexibility index (Phi) is 5.47. The monoisotopic (exact) mass is 470 g/mol. The lowest BCUT2D eigenvalue weighted by molar-refractivity contribution is 0.0708. The van der Waals surface area contributed by atoms with Gasteiger partial charge in [-0.3, -0.25) is 0 Å².